The topological polar surface area (TPSA) is 28.6 Å². The minimum atomic E-state index is -4.37. The van der Waals surface area contributed by atoms with Crippen LogP contribution in [-0.4, -0.2) is 55.8 Å². The molecule has 1 fully saturated rings. The van der Waals surface area contributed by atoms with Gasteiger partial charge in [-0.05, 0) is 30.5 Å². The van der Waals surface area contributed by atoms with E-state index in [0.717, 1.165) is 62.5 Å². The van der Waals surface area contributed by atoms with Crippen molar-refractivity contribution in [1.29, 1.82) is 0 Å². The molecular weight excluding hydrogens is 367 g/mol. The Balaban J connectivity index is 1.90. The third kappa shape index (κ3) is 4.94. The number of hydrogen-bond acceptors (Lipinski definition) is 4. The van der Waals surface area contributed by atoms with Gasteiger partial charge in [0, 0.05) is 50.0 Å². The Morgan fingerprint density at radius 3 is 2.54 bits per heavy atom. The maximum atomic E-state index is 13.1. The van der Waals surface area contributed by atoms with Gasteiger partial charge in [0.15, 0.2) is 0 Å². The fraction of sp³-hybridized carbons (Fsp3) is 0.571. The zero-order chi connectivity index (χ0) is 20.3. The summed E-state index contributed by atoms with van der Waals surface area (Å²) in [7, 11) is 2.03. The van der Waals surface area contributed by atoms with Crippen LogP contribution in [0.1, 0.15) is 25.8 Å². The number of likely N-dealkylation sites (N-methyl/N-ethyl adjacent to an activating group) is 1. The molecule has 1 aliphatic rings. The number of rotatable bonds is 6. The van der Waals surface area contributed by atoms with Gasteiger partial charge in [0.2, 0.25) is 0 Å². The molecule has 154 valence electrons. The van der Waals surface area contributed by atoms with Gasteiger partial charge in [-0.3, -0.25) is 9.88 Å². The van der Waals surface area contributed by atoms with E-state index in [1.54, 1.807) is 6.20 Å². The Hall–Kier alpha value is -1.86. The van der Waals surface area contributed by atoms with Gasteiger partial charge < -0.3 is 9.64 Å². The first-order valence-electron chi connectivity index (χ1n) is 9.74. The van der Waals surface area contributed by atoms with Crippen LogP contribution in [0, 0.1) is 5.92 Å². The van der Waals surface area contributed by atoms with Gasteiger partial charge in [-0.15, -0.1) is 0 Å². The number of fused-ring (bicyclic) bond motifs is 1. The molecule has 0 aliphatic carbocycles. The molecule has 1 saturated heterocycles. The zero-order valence-corrected chi connectivity index (χ0v) is 16.7. The summed E-state index contributed by atoms with van der Waals surface area (Å²) in [6.07, 6.45) is -1.78. The number of benzene rings is 1. The minimum absolute atomic E-state index is 0.256. The standard InChI is InChI=1S/C21H28F3N3O/c1-15(2)12-17(14-27-8-10-28-11-9-27)26(3)20-6-7-25-19-13-16(21(22,23)24)4-5-18(19)20/h4-7,13,15,17H,8-12,14H2,1-3H3. The quantitative estimate of drug-likeness (QED) is 0.723. The van der Waals surface area contributed by atoms with E-state index in [9.17, 15) is 13.2 Å². The molecule has 0 bridgehead atoms. The van der Waals surface area contributed by atoms with E-state index in [-0.39, 0.29) is 6.04 Å². The van der Waals surface area contributed by atoms with E-state index in [1.165, 1.54) is 6.07 Å². The SMILES string of the molecule is CC(C)CC(CN1CCOCC1)N(C)c1ccnc2cc(C(F)(F)F)ccc12. The van der Waals surface area contributed by atoms with Crippen molar-refractivity contribution in [2.45, 2.75) is 32.5 Å². The maximum absolute atomic E-state index is 13.1. The van der Waals surface area contributed by atoms with Crippen LogP contribution in [0.5, 0.6) is 0 Å². The Bertz CT molecular complexity index is 788. The number of nitrogens with zero attached hydrogens (tertiary/aromatic N) is 3. The fourth-order valence-corrected chi connectivity index (χ4v) is 3.79. The van der Waals surface area contributed by atoms with Crippen molar-refractivity contribution < 1.29 is 17.9 Å². The number of pyridine rings is 1. The van der Waals surface area contributed by atoms with Gasteiger partial charge in [-0.2, -0.15) is 13.2 Å². The highest BCUT2D eigenvalue weighted by atomic mass is 19.4. The van der Waals surface area contributed by atoms with Gasteiger partial charge in [0.25, 0.3) is 0 Å². The van der Waals surface area contributed by atoms with Crippen LogP contribution >= 0.6 is 0 Å². The van der Waals surface area contributed by atoms with Gasteiger partial charge in [0.05, 0.1) is 24.3 Å². The number of halogens is 3. The van der Waals surface area contributed by atoms with Crippen LogP contribution in [0.15, 0.2) is 30.5 Å². The summed E-state index contributed by atoms with van der Waals surface area (Å²) in [5.41, 5.74) is 0.617. The smallest absolute Gasteiger partial charge is 0.379 e. The lowest BCUT2D eigenvalue weighted by atomic mass is 10.0. The average Bonchev–Trinajstić information content (AvgIpc) is 2.66. The largest absolute Gasteiger partial charge is 0.416 e. The van der Waals surface area contributed by atoms with E-state index in [1.807, 2.05) is 13.1 Å². The van der Waals surface area contributed by atoms with Gasteiger partial charge in [-0.25, -0.2) is 0 Å². The summed E-state index contributed by atoms with van der Waals surface area (Å²) in [6.45, 7) is 8.61. The first-order valence-corrected chi connectivity index (χ1v) is 9.74. The normalized spacial score (nSPS) is 17.2. The number of morpholine rings is 1. The lowest BCUT2D eigenvalue weighted by Crippen LogP contribution is -2.47. The molecule has 0 N–H and O–H groups in total. The number of anilines is 1. The first-order chi connectivity index (χ1) is 13.3. The van der Waals surface area contributed by atoms with Crippen molar-refractivity contribution in [2.24, 2.45) is 5.92 Å². The summed E-state index contributed by atoms with van der Waals surface area (Å²) >= 11 is 0. The number of aromatic nitrogens is 1. The first kappa shape index (κ1) is 20.9. The second-order valence-electron chi connectivity index (χ2n) is 7.87. The zero-order valence-electron chi connectivity index (χ0n) is 16.7. The monoisotopic (exact) mass is 395 g/mol. The van der Waals surface area contributed by atoms with E-state index in [0.29, 0.717) is 11.4 Å². The highest BCUT2D eigenvalue weighted by Gasteiger charge is 2.31. The summed E-state index contributed by atoms with van der Waals surface area (Å²) in [6, 6.07) is 5.96. The van der Waals surface area contributed by atoms with Crippen LogP contribution in [0.4, 0.5) is 18.9 Å². The predicted octanol–water partition coefficient (Wildman–Crippen LogP) is 4.44. The highest BCUT2D eigenvalue weighted by molar-refractivity contribution is 5.92. The Kier molecular flexibility index (Phi) is 6.45. The molecule has 0 spiro atoms. The van der Waals surface area contributed by atoms with Crippen LogP contribution in [0.2, 0.25) is 0 Å². The van der Waals surface area contributed by atoms with Gasteiger partial charge >= 0.3 is 6.18 Å². The molecule has 0 radical (unpaired) electrons. The van der Waals surface area contributed by atoms with Gasteiger partial charge in [-0.1, -0.05) is 19.9 Å². The van der Waals surface area contributed by atoms with Crippen molar-refractivity contribution in [3.8, 4) is 0 Å². The molecule has 4 nitrogen and oxygen atoms in total. The van der Waals surface area contributed by atoms with Gasteiger partial charge in [0.1, 0.15) is 0 Å². The molecule has 0 saturated carbocycles. The Morgan fingerprint density at radius 1 is 1.18 bits per heavy atom. The molecule has 1 aromatic carbocycles. The number of ether oxygens (including phenoxy) is 1. The van der Waals surface area contributed by atoms with E-state index in [2.05, 4.69) is 28.6 Å². The third-order valence-corrected chi connectivity index (χ3v) is 5.29. The molecule has 3 rings (SSSR count). The second-order valence-corrected chi connectivity index (χ2v) is 7.87. The molecule has 1 aliphatic heterocycles. The molecule has 2 heterocycles. The molecule has 2 aromatic rings. The van der Waals surface area contributed by atoms with Crippen LogP contribution in [0.3, 0.4) is 0 Å². The number of hydrogen-bond donors (Lipinski definition) is 0. The predicted molar refractivity (Wildman–Crippen MR) is 106 cm³/mol. The Labute approximate surface area is 164 Å². The summed E-state index contributed by atoms with van der Waals surface area (Å²) < 4.78 is 44.6. The second kappa shape index (κ2) is 8.66. The third-order valence-electron chi connectivity index (χ3n) is 5.29. The lowest BCUT2D eigenvalue weighted by Gasteiger charge is -2.37. The molecule has 28 heavy (non-hydrogen) atoms. The summed E-state index contributed by atoms with van der Waals surface area (Å²) in [5, 5.41) is 0.744. The molecule has 1 unspecified atom stereocenters. The van der Waals surface area contributed by atoms with Crippen molar-refractivity contribution in [3.63, 3.8) is 0 Å². The molecular formula is C21H28F3N3O. The van der Waals surface area contributed by atoms with Crippen molar-refractivity contribution >= 4 is 16.6 Å². The van der Waals surface area contributed by atoms with E-state index in [4.69, 9.17) is 4.74 Å². The summed E-state index contributed by atoms with van der Waals surface area (Å²) in [5.74, 6) is 0.512. The average molecular weight is 395 g/mol. The van der Waals surface area contributed by atoms with E-state index < -0.39 is 11.7 Å². The van der Waals surface area contributed by atoms with Crippen LogP contribution in [-0.2, 0) is 10.9 Å². The minimum Gasteiger partial charge on any atom is -0.379 e. The van der Waals surface area contributed by atoms with E-state index >= 15 is 0 Å². The van der Waals surface area contributed by atoms with Crippen molar-refractivity contribution in [3.05, 3.63) is 36.0 Å². The molecule has 7 heteroatoms. The number of alkyl halides is 3. The molecule has 0 amide bonds. The summed E-state index contributed by atoms with van der Waals surface area (Å²) in [4.78, 5) is 8.78. The van der Waals surface area contributed by atoms with Crippen LogP contribution in [0.25, 0.3) is 10.9 Å². The fourth-order valence-electron chi connectivity index (χ4n) is 3.79. The maximum Gasteiger partial charge on any atom is 0.416 e. The Morgan fingerprint density at radius 2 is 1.89 bits per heavy atom. The van der Waals surface area contributed by atoms with Crippen molar-refractivity contribution in [2.75, 3.05) is 44.8 Å². The van der Waals surface area contributed by atoms with Crippen molar-refractivity contribution in [1.82, 2.24) is 9.88 Å². The highest BCUT2D eigenvalue weighted by Crippen LogP contribution is 2.34. The van der Waals surface area contributed by atoms with Crippen LogP contribution < -0.4 is 4.90 Å². The molecule has 1 atom stereocenters. The lowest BCUT2D eigenvalue weighted by molar-refractivity contribution is -0.137. The molecule has 1 aromatic heterocycles.